The van der Waals surface area contributed by atoms with Gasteiger partial charge in [0, 0.05) is 0 Å². The summed E-state index contributed by atoms with van der Waals surface area (Å²) in [7, 11) is 0. The molecule has 0 aromatic carbocycles. The number of ether oxygens (including phenoxy) is 2. The molecule has 0 rings (SSSR count). The van der Waals surface area contributed by atoms with Gasteiger partial charge in [0.2, 0.25) is 0 Å². The molecule has 0 radical (unpaired) electrons. The number of hydrogen-bond acceptors (Lipinski definition) is 2. The van der Waals surface area contributed by atoms with Gasteiger partial charge < -0.3 is 4.74 Å². The smallest absolute Gasteiger partial charge is 0.404 e. The second-order valence-electron chi connectivity index (χ2n) is 2.83. The number of alkyl halides is 8. The van der Waals surface area contributed by atoms with Crippen LogP contribution in [-0.4, -0.2) is 31.2 Å². The summed E-state index contributed by atoms with van der Waals surface area (Å²) in [4.78, 5) is 0. The SMILES string of the molecule is C=C(F)OC(F)(F)C(OC(F)(F)CF)C(F)(F)F. The van der Waals surface area contributed by atoms with Crippen molar-refractivity contribution in [1.29, 1.82) is 0 Å². The second kappa shape index (κ2) is 5.24. The van der Waals surface area contributed by atoms with E-state index in [1.165, 1.54) is 0 Å². The largest absolute Gasteiger partial charge is 0.435 e. The van der Waals surface area contributed by atoms with E-state index >= 15 is 0 Å². The fourth-order valence-electron chi connectivity index (χ4n) is 0.731. The zero-order chi connectivity index (χ0) is 14.8. The zero-order valence-corrected chi connectivity index (χ0v) is 8.21. The predicted octanol–water partition coefficient (Wildman–Crippen LogP) is 3.55. The van der Waals surface area contributed by atoms with E-state index in [4.69, 9.17) is 0 Å². The first-order chi connectivity index (χ1) is 7.82. The highest BCUT2D eigenvalue weighted by atomic mass is 19.4. The maximum Gasteiger partial charge on any atom is 0.435 e. The van der Waals surface area contributed by atoms with Gasteiger partial charge in [-0.15, -0.1) is 0 Å². The van der Waals surface area contributed by atoms with Crippen molar-refractivity contribution in [2.24, 2.45) is 0 Å². The van der Waals surface area contributed by atoms with Crippen LogP contribution in [0.4, 0.5) is 39.5 Å². The Morgan fingerprint density at radius 2 is 1.50 bits per heavy atom. The lowest BCUT2D eigenvalue weighted by Gasteiger charge is -2.29. The molecule has 0 saturated carbocycles. The minimum atomic E-state index is -6.06. The standard InChI is InChI=1S/C7H5F9O2/c1-3(9)17-7(15,16)4(6(12,13)14)18-5(10,11)2-8/h4H,1-2H2. The normalized spacial score (nSPS) is 15.4. The first-order valence-electron chi connectivity index (χ1n) is 3.91. The van der Waals surface area contributed by atoms with Crippen molar-refractivity contribution in [3.8, 4) is 0 Å². The van der Waals surface area contributed by atoms with Crippen LogP contribution in [0.25, 0.3) is 0 Å². The third-order valence-corrected chi connectivity index (χ3v) is 1.30. The van der Waals surface area contributed by atoms with Gasteiger partial charge >= 0.3 is 18.4 Å². The Bertz CT molecular complexity index is 298. The van der Waals surface area contributed by atoms with Crippen LogP contribution in [0.2, 0.25) is 0 Å². The minimum Gasteiger partial charge on any atom is -0.404 e. The first-order valence-corrected chi connectivity index (χ1v) is 3.91. The van der Waals surface area contributed by atoms with Crippen molar-refractivity contribution in [2.45, 2.75) is 24.5 Å². The van der Waals surface area contributed by atoms with E-state index in [1.807, 2.05) is 0 Å². The third-order valence-electron chi connectivity index (χ3n) is 1.30. The minimum absolute atomic E-state index is 2.07. The summed E-state index contributed by atoms with van der Waals surface area (Å²) in [6.45, 7) is -0.717. The molecule has 0 aromatic heterocycles. The molecule has 0 aromatic rings. The summed E-state index contributed by atoms with van der Waals surface area (Å²) in [6.07, 6.45) is -21.3. The Hall–Kier alpha value is -1.13. The van der Waals surface area contributed by atoms with Gasteiger partial charge in [-0.25, -0.2) is 4.39 Å². The molecule has 0 spiro atoms. The van der Waals surface area contributed by atoms with Crippen LogP contribution in [0.3, 0.4) is 0 Å². The highest BCUT2D eigenvalue weighted by molar-refractivity contribution is 4.82. The quantitative estimate of drug-likeness (QED) is 0.550. The molecule has 0 saturated heterocycles. The van der Waals surface area contributed by atoms with Crippen molar-refractivity contribution < 1.29 is 49.0 Å². The second-order valence-corrected chi connectivity index (χ2v) is 2.83. The van der Waals surface area contributed by atoms with E-state index in [0.717, 1.165) is 0 Å². The monoisotopic (exact) mass is 292 g/mol. The zero-order valence-electron chi connectivity index (χ0n) is 8.21. The Balaban J connectivity index is 5.19. The molecule has 18 heavy (non-hydrogen) atoms. The Morgan fingerprint density at radius 3 is 1.78 bits per heavy atom. The van der Waals surface area contributed by atoms with E-state index < -0.39 is 37.2 Å². The summed E-state index contributed by atoms with van der Waals surface area (Å²) in [5.74, 6) is 0. The van der Waals surface area contributed by atoms with Crippen LogP contribution in [0.1, 0.15) is 0 Å². The van der Waals surface area contributed by atoms with E-state index in [9.17, 15) is 39.5 Å². The van der Waals surface area contributed by atoms with Crippen LogP contribution in [0, 0.1) is 0 Å². The Morgan fingerprint density at radius 1 is 1.06 bits per heavy atom. The molecule has 11 heteroatoms. The third kappa shape index (κ3) is 5.02. The van der Waals surface area contributed by atoms with Gasteiger partial charge in [-0.1, -0.05) is 0 Å². The Kier molecular flexibility index (Phi) is 4.91. The van der Waals surface area contributed by atoms with Crippen LogP contribution in [0.5, 0.6) is 0 Å². The molecule has 0 heterocycles. The van der Waals surface area contributed by atoms with Crippen molar-refractivity contribution in [2.75, 3.05) is 6.67 Å². The molecule has 0 aliphatic heterocycles. The molecule has 1 unspecified atom stereocenters. The fourth-order valence-corrected chi connectivity index (χ4v) is 0.731. The van der Waals surface area contributed by atoms with Gasteiger partial charge in [-0.05, 0) is 6.58 Å². The van der Waals surface area contributed by atoms with Crippen molar-refractivity contribution in [3.05, 3.63) is 12.6 Å². The van der Waals surface area contributed by atoms with Gasteiger partial charge in [0.1, 0.15) is 0 Å². The van der Waals surface area contributed by atoms with Gasteiger partial charge in [-0.2, -0.15) is 35.1 Å². The topological polar surface area (TPSA) is 18.5 Å². The molecule has 0 aliphatic rings. The molecule has 0 bridgehead atoms. The van der Waals surface area contributed by atoms with Crippen LogP contribution in [-0.2, 0) is 9.47 Å². The van der Waals surface area contributed by atoms with E-state index in [-0.39, 0.29) is 0 Å². The van der Waals surface area contributed by atoms with E-state index in [2.05, 4.69) is 16.1 Å². The molecule has 1 atom stereocenters. The van der Waals surface area contributed by atoms with Crippen LogP contribution in [0.15, 0.2) is 12.6 Å². The summed E-state index contributed by atoms with van der Waals surface area (Å²) < 4.78 is 115. The number of halogens is 9. The summed E-state index contributed by atoms with van der Waals surface area (Å²) in [6, 6.07) is -2.36. The van der Waals surface area contributed by atoms with Gasteiger partial charge in [-0.3, -0.25) is 4.74 Å². The van der Waals surface area contributed by atoms with Gasteiger partial charge in [0.15, 0.2) is 6.67 Å². The van der Waals surface area contributed by atoms with Crippen molar-refractivity contribution in [1.82, 2.24) is 0 Å². The molecular weight excluding hydrogens is 287 g/mol. The molecule has 0 aliphatic carbocycles. The molecule has 108 valence electrons. The molecular formula is C7H5F9O2. The predicted molar refractivity (Wildman–Crippen MR) is 38.1 cm³/mol. The summed E-state index contributed by atoms with van der Waals surface area (Å²) in [5.41, 5.74) is 0. The lowest BCUT2D eigenvalue weighted by Crippen LogP contribution is -2.51. The number of hydrogen-bond donors (Lipinski definition) is 0. The number of rotatable bonds is 6. The summed E-state index contributed by atoms with van der Waals surface area (Å²) in [5, 5.41) is 0. The average molecular weight is 292 g/mol. The molecule has 0 amide bonds. The van der Waals surface area contributed by atoms with Gasteiger partial charge in [0.05, 0.1) is 0 Å². The molecule has 0 N–H and O–H groups in total. The van der Waals surface area contributed by atoms with E-state index in [1.54, 1.807) is 0 Å². The first kappa shape index (κ1) is 16.9. The highest BCUT2D eigenvalue weighted by Gasteiger charge is 2.63. The average Bonchev–Trinajstić information content (AvgIpc) is 2.10. The van der Waals surface area contributed by atoms with Gasteiger partial charge in [0.25, 0.3) is 12.1 Å². The van der Waals surface area contributed by atoms with E-state index in [0.29, 0.717) is 0 Å². The maximum atomic E-state index is 12.7. The summed E-state index contributed by atoms with van der Waals surface area (Å²) >= 11 is 0. The molecule has 0 fully saturated rings. The molecule has 2 nitrogen and oxygen atoms in total. The highest BCUT2D eigenvalue weighted by Crippen LogP contribution is 2.39. The van der Waals surface area contributed by atoms with Crippen molar-refractivity contribution >= 4 is 0 Å². The maximum absolute atomic E-state index is 12.7. The van der Waals surface area contributed by atoms with Crippen molar-refractivity contribution in [3.63, 3.8) is 0 Å². The lowest BCUT2D eigenvalue weighted by atomic mass is 10.3. The van der Waals surface area contributed by atoms with Crippen LogP contribution >= 0.6 is 0 Å². The lowest BCUT2D eigenvalue weighted by molar-refractivity contribution is -0.409. The fraction of sp³-hybridized carbons (Fsp3) is 0.714. The Labute approximate surface area is 94.0 Å². The van der Waals surface area contributed by atoms with Crippen LogP contribution < -0.4 is 0 Å².